The van der Waals surface area contributed by atoms with Crippen molar-refractivity contribution in [3.63, 3.8) is 0 Å². The van der Waals surface area contributed by atoms with E-state index in [4.69, 9.17) is 10.5 Å². The van der Waals surface area contributed by atoms with Gasteiger partial charge in [0.2, 0.25) is 10.0 Å². The number of pyridine rings is 1. The Hall–Kier alpha value is -1.87. The Balaban J connectivity index is 2.66. The first kappa shape index (κ1) is 16.5. The molecule has 0 saturated heterocycles. The Labute approximate surface area is 135 Å². The van der Waals surface area contributed by atoms with Gasteiger partial charge in [-0.1, -0.05) is 0 Å². The first-order valence-corrected chi connectivity index (χ1v) is 8.66. The number of sulfonamides is 1. The van der Waals surface area contributed by atoms with Crippen molar-refractivity contribution in [2.45, 2.75) is 0 Å². The van der Waals surface area contributed by atoms with E-state index in [2.05, 4.69) is 25.6 Å². The van der Waals surface area contributed by atoms with E-state index in [9.17, 15) is 12.8 Å². The van der Waals surface area contributed by atoms with Crippen molar-refractivity contribution < 1.29 is 17.5 Å². The summed E-state index contributed by atoms with van der Waals surface area (Å²) in [4.78, 5) is 3.97. The summed E-state index contributed by atoms with van der Waals surface area (Å²) in [6, 6.07) is 4.29. The summed E-state index contributed by atoms with van der Waals surface area (Å²) in [5.41, 5.74) is 6.62. The molecule has 0 amide bonds. The Morgan fingerprint density at radius 3 is 2.64 bits per heavy atom. The summed E-state index contributed by atoms with van der Waals surface area (Å²) >= 11 is 3.26. The van der Waals surface area contributed by atoms with Gasteiger partial charge in [0, 0.05) is 16.2 Å². The standard InChI is InChI=1S/C13H13BrFN3O3S/c1-21-12-10(15)3-7(4-11(12)18-22(2,19)20)9-5-8(14)6-17-13(9)16/h3-6,18H,1-2H3,(H2,16,17). The molecule has 0 fully saturated rings. The van der Waals surface area contributed by atoms with Crippen LogP contribution in [0.3, 0.4) is 0 Å². The highest BCUT2D eigenvalue weighted by Crippen LogP contribution is 2.36. The van der Waals surface area contributed by atoms with Crippen molar-refractivity contribution in [2.24, 2.45) is 0 Å². The molecule has 1 aromatic heterocycles. The smallest absolute Gasteiger partial charge is 0.229 e. The molecule has 0 spiro atoms. The fourth-order valence-corrected chi connectivity index (χ4v) is 2.80. The van der Waals surface area contributed by atoms with Crippen molar-refractivity contribution in [2.75, 3.05) is 23.8 Å². The van der Waals surface area contributed by atoms with Crippen LogP contribution < -0.4 is 15.2 Å². The minimum Gasteiger partial charge on any atom is -0.492 e. The summed E-state index contributed by atoms with van der Waals surface area (Å²) in [6.07, 6.45) is 2.47. The van der Waals surface area contributed by atoms with Crippen LogP contribution in [0, 0.1) is 5.82 Å². The number of nitrogens with two attached hydrogens (primary N) is 1. The number of halogens is 2. The van der Waals surface area contributed by atoms with Crippen LogP contribution in [0.5, 0.6) is 5.75 Å². The molecule has 1 aromatic carbocycles. The molecule has 0 aliphatic carbocycles. The first-order chi connectivity index (χ1) is 10.2. The molecule has 0 radical (unpaired) electrons. The quantitative estimate of drug-likeness (QED) is 0.837. The van der Waals surface area contributed by atoms with Crippen LogP contribution in [-0.2, 0) is 10.0 Å². The lowest BCUT2D eigenvalue weighted by atomic mass is 10.1. The second kappa shape index (κ2) is 6.09. The van der Waals surface area contributed by atoms with Gasteiger partial charge in [0.05, 0.1) is 19.1 Å². The van der Waals surface area contributed by atoms with Gasteiger partial charge in [-0.25, -0.2) is 17.8 Å². The molecule has 2 rings (SSSR count). The largest absolute Gasteiger partial charge is 0.492 e. The molecule has 6 nitrogen and oxygen atoms in total. The fraction of sp³-hybridized carbons (Fsp3) is 0.154. The minimum atomic E-state index is -3.60. The maximum Gasteiger partial charge on any atom is 0.229 e. The number of ether oxygens (including phenoxy) is 1. The zero-order valence-electron chi connectivity index (χ0n) is 11.7. The van der Waals surface area contributed by atoms with Crippen molar-refractivity contribution in [1.82, 2.24) is 4.98 Å². The Bertz CT molecular complexity index is 828. The number of nitrogens with one attached hydrogen (secondary N) is 1. The van der Waals surface area contributed by atoms with E-state index in [0.717, 1.165) is 6.26 Å². The first-order valence-electron chi connectivity index (χ1n) is 5.98. The molecular weight excluding hydrogens is 377 g/mol. The van der Waals surface area contributed by atoms with Crippen LogP contribution in [0.25, 0.3) is 11.1 Å². The number of rotatable bonds is 4. The van der Waals surface area contributed by atoms with E-state index < -0.39 is 15.8 Å². The zero-order chi connectivity index (χ0) is 16.5. The van der Waals surface area contributed by atoms with Gasteiger partial charge in [0.25, 0.3) is 0 Å². The molecule has 0 bridgehead atoms. The van der Waals surface area contributed by atoms with Gasteiger partial charge in [-0.05, 0) is 39.7 Å². The molecule has 0 aliphatic heterocycles. The normalized spacial score (nSPS) is 11.3. The highest BCUT2D eigenvalue weighted by Gasteiger charge is 2.17. The van der Waals surface area contributed by atoms with Crippen LogP contribution in [0.4, 0.5) is 15.9 Å². The number of hydrogen-bond donors (Lipinski definition) is 2. The van der Waals surface area contributed by atoms with Gasteiger partial charge in [0.1, 0.15) is 5.82 Å². The number of anilines is 2. The lowest BCUT2D eigenvalue weighted by Gasteiger charge is -2.14. The molecular formula is C13H13BrFN3O3S. The summed E-state index contributed by atoms with van der Waals surface area (Å²) in [7, 11) is -2.35. The van der Waals surface area contributed by atoms with Gasteiger partial charge < -0.3 is 10.5 Å². The molecule has 0 unspecified atom stereocenters. The van der Waals surface area contributed by atoms with E-state index in [0.29, 0.717) is 15.6 Å². The maximum absolute atomic E-state index is 14.2. The molecule has 0 atom stereocenters. The summed E-state index contributed by atoms with van der Waals surface area (Å²) in [5, 5.41) is 0. The maximum atomic E-state index is 14.2. The molecule has 9 heteroatoms. The molecule has 1 heterocycles. The molecule has 0 aliphatic rings. The summed E-state index contributed by atoms with van der Waals surface area (Å²) in [6.45, 7) is 0. The number of methoxy groups -OCH3 is 1. The van der Waals surface area contributed by atoms with Crippen molar-refractivity contribution >= 4 is 37.5 Å². The predicted octanol–water partition coefficient (Wildman–Crippen LogP) is 2.61. The lowest BCUT2D eigenvalue weighted by Crippen LogP contribution is -2.11. The Kier molecular flexibility index (Phi) is 4.57. The Morgan fingerprint density at radius 2 is 2.05 bits per heavy atom. The lowest BCUT2D eigenvalue weighted by molar-refractivity contribution is 0.389. The SMILES string of the molecule is COc1c(F)cc(-c2cc(Br)cnc2N)cc1NS(C)(=O)=O. The van der Waals surface area contributed by atoms with Gasteiger partial charge in [-0.3, -0.25) is 4.72 Å². The van der Waals surface area contributed by atoms with Crippen LogP contribution in [0.1, 0.15) is 0 Å². The second-order valence-electron chi connectivity index (χ2n) is 4.50. The molecule has 2 aromatic rings. The van der Waals surface area contributed by atoms with E-state index in [1.54, 1.807) is 6.07 Å². The third-order valence-electron chi connectivity index (χ3n) is 2.74. The van der Waals surface area contributed by atoms with Gasteiger partial charge in [0.15, 0.2) is 11.6 Å². The molecule has 22 heavy (non-hydrogen) atoms. The molecule has 0 saturated carbocycles. The summed E-state index contributed by atoms with van der Waals surface area (Å²) < 4.78 is 44.8. The second-order valence-corrected chi connectivity index (χ2v) is 7.16. The number of hydrogen-bond acceptors (Lipinski definition) is 5. The average Bonchev–Trinajstić information content (AvgIpc) is 2.39. The number of benzene rings is 1. The zero-order valence-corrected chi connectivity index (χ0v) is 14.1. The molecule has 3 N–H and O–H groups in total. The number of aromatic nitrogens is 1. The molecule has 118 valence electrons. The minimum absolute atomic E-state index is 0.0145. The Morgan fingerprint density at radius 1 is 1.36 bits per heavy atom. The monoisotopic (exact) mass is 389 g/mol. The van der Waals surface area contributed by atoms with Crippen molar-refractivity contribution in [3.05, 3.63) is 34.7 Å². The van der Waals surface area contributed by atoms with E-state index in [-0.39, 0.29) is 17.3 Å². The number of nitrogen functional groups attached to an aromatic ring is 1. The van der Waals surface area contributed by atoms with Gasteiger partial charge in [-0.2, -0.15) is 0 Å². The topological polar surface area (TPSA) is 94.3 Å². The van der Waals surface area contributed by atoms with E-state index >= 15 is 0 Å². The van der Waals surface area contributed by atoms with E-state index in [1.807, 2.05) is 0 Å². The van der Waals surface area contributed by atoms with Crippen LogP contribution in [0.2, 0.25) is 0 Å². The number of nitrogens with zero attached hydrogens (tertiary/aromatic N) is 1. The highest BCUT2D eigenvalue weighted by molar-refractivity contribution is 9.10. The van der Waals surface area contributed by atoms with Crippen molar-refractivity contribution in [3.8, 4) is 16.9 Å². The van der Waals surface area contributed by atoms with Crippen LogP contribution in [0.15, 0.2) is 28.9 Å². The van der Waals surface area contributed by atoms with Gasteiger partial charge >= 0.3 is 0 Å². The van der Waals surface area contributed by atoms with E-state index in [1.165, 1.54) is 25.4 Å². The van der Waals surface area contributed by atoms with Crippen molar-refractivity contribution in [1.29, 1.82) is 0 Å². The fourth-order valence-electron chi connectivity index (χ4n) is 1.91. The third-order valence-corrected chi connectivity index (χ3v) is 3.76. The van der Waals surface area contributed by atoms with Gasteiger partial charge in [-0.15, -0.1) is 0 Å². The third kappa shape index (κ3) is 3.66. The predicted molar refractivity (Wildman–Crippen MR) is 86.8 cm³/mol. The average molecular weight is 390 g/mol. The van der Waals surface area contributed by atoms with Crippen LogP contribution >= 0.6 is 15.9 Å². The highest BCUT2D eigenvalue weighted by atomic mass is 79.9. The summed E-state index contributed by atoms with van der Waals surface area (Å²) in [5.74, 6) is -0.723. The van der Waals surface area contributed by atoms with Crippen LogP contribution in [-0.4, -0.2) is 26.8 Å².